The Kier molecular flexibility index (Phi) is 5.34. The van der Waals surface area contributed by atoms with Crippen molar-refractivity contribution >= 4 is 17.3 Å². The Hall–Kier alpha value is -1.17. The van der Waals surface area contributed by atoms with Gasteiger partial charge < -0.3 is 10.6 Å². The predicted octanol–water partition coefficient (Wildman–Crippen LogP) is 1.82. The number of hydrogen-bond acceptors (Lipinski definition) is 4. The number of aliphatic imine (C=N–C) groups is 1. The van der Waals surface area contributed by atoms with Crippen LogP contribution in [0.3, 0.4) is 0 Å². The molecule has 0 atom stereocenters. The van der Waals surface area contributed by atoms with E-state index in [1.54, 1.807) is 11.3 Å². The molecule has 96 valence electrons. The van der Waals surface area contributed by atoms with Gasteiger partial charge in [-0.15, -0.1) is 10.2 Å². The Bertz CT molecular complexity index is 368. The number of guanidine groups is 1. The van der Waals surface area contributed by atoms with Gasteiger partial charge in [-0.1, -0.05) is 25.2 Å². The SMILES string of the molecule is CCN(CC)C(N)=NCc1nnc(C(C)C)s1. The van der Waals surface area contributed by atoms with Crippen LogP contribution in [0.4, 0.5) is 0 Å². The van der Waals surface area contributed by atoms with Crippen molar-refractivity contribution in [3.63, 3.8) is 0 Å². The third-order valence-corrected chi connectivity index (χ3v) is 3.65. The molecule has 0 amide bonds. The highest BCUT2D eigenvalue weighted by molar-refractivity contribution is 7.11. The minimum absolute atomic E-state index is 0.422. The fraction of sp³-hybridized carbons (Fsp3) is 0.727. The summed E-state index contributed by atoms with van der Waals surface area (Å²) in [7, 11) is 0. The minimum atomic E-state index is 0.422. The molecular weight excluding hydrogens is 234 g/mol. The van der Waals surface area contributed by atoms with Gasteiger partial charge in [-0.2, -0.15) is 0 Å². The molecule has 17 heavy (non-hydrogen) atoms. The Morgan fingerprint density at radius 3 is 2.47 bits per heavy atom. The van der Waals surface area contributed by atoms with E-state index < -0.39 is 0 Å². The maximum absolute atomic E-state index is 5.89. The number of aromatic nitrogens is 2. The van der Waals surface area contributed by atoms with Crippen molar-refractivity contribution in [1.82, 2.24) is 15.1 Å². The lowest BCUT2D eigenvalue weighted by atomic mass is 10.2. The summed E-state index contributed by atoms with van der Waals surface area (Å²) in [5, 5.41) is 10.2. The molecule has 0 aromatic carbocycles. The average molecular weight is 255 g/mol. The summed E-state index contributed by atoms with van der Waals surface area (Å²) in [5.74, 6) is 1.00. The van der Waals surface area contributed by atoms with E-state index in [1.807, 2.05) is 4.90 Å². The maximum atomic E-state index is 5.89. The van der Waals surface area contributed by atoms with Crippen molar-refractivity contribution in [2.24, 2.45) is 10.7 Å². The lowest BCUT2D eigenvalue weighted by molar-refractivity contribution is 0.458. The second-order valence-electron chi connectivity index (χ2n) is 4.04. The van der Waals surface area contributed by atoms with Crippen LogP contribution in [0.15, 0.2) is 4.99 Å². The van der Waals surface area contributed by atoms with E-state index in [9.17, 15) is 0 Å². The van der Waals surface area contributed by atoms with Crippen molar-refractivity contribution < 1.29 is 0 Å². The molecule has 0 fully saturated rings. The maximum Gasteiger partial charge on any atom is 0.191 e. The van der Waals surface area contributed by atoms with Gasteiger partial charge in [0.05, 0.1) is 6.54 Å². The third-order valence-electron chi connectivity index (χ3n) is 2.44. The highest BCUT2D eigenvalue weighted by Gasteiger charge is 2.08. The Morgan fingerprint density at radius 2 is 2.00 bits per heavy atom. The van der Waals surface area contributed by atoms with Crippen molar-refractivity contribution in [2.75, 3.05) is 13.1 Å². The summed E-state index contributed by atoms with van der Waals surface area (Å²) >= 11 is 1.61. The van der Waals surface area contributed by atoms with Crippen molar-refractivity contribution in [3.05, 3.63) is 10.0 Å². The van der Waals surface area contributed by atoms with Gasteiger partial charge >= 0.3 is 0 Å². The molecule has 0 aliphatic carbocycles. The Labute approximate surface area is 107 Å². The number of rotatable bonds is 5. The molecule has 1 aromatic rings. The van der Waals surface area contributed by atoms with Crippen LogP contribution in [-0.4, -0.2) is 34.1 Å². The molecule has 1 aromatic heterocycles. The molecular formula is C11H21N5S. The fourth-order valence-electron chi connectivity index (χ4n) is 1.36. The lowest BCUT2D eigenvalue weighted by Gasteiger charge is -2.18. The quantitative estimate of drug-likeness (QED) is 0.643. The molecule has 0 aliphatic rings. The van der Waals surface area contributed by atoms with Gasteiger partial charge in [0.2, 0.25) is 0 Å². The van der Waals surface area contributed by atoms with Crippen LogP contribution < -0.4 is 5.73 Å². The molecule has 5 nitrogen and oxygen atoms in total. The number of nitrogens with zero attached hydrogens (tertiary/aromatic N) is 4. The molecule has 1 rings (SSSR count). The van der Waals surface area contributed by atoms with Gasteiger partial charge in [-0.05, 0) is 13.8 Å². The smallest absolute Gasteiger partial charge is 0.191 e. The van der Waals surface area contributed by atoms with Gasteiger partial charge in [-0.3, -0.25) is 0 Å². The first-order chi connectivity index (χ1) is 8.08. The lowest BCUT2D eigenvalue weighted by Crippen LogP contribution is -2.37. The summed E-state index contributed by atoms with van der Waals surface area (Å²) < 4.78 is 0. The topological polar surface area (TPSA) is 67.4 Å². The standard InChI is InChI=1S/C11H21N5S/c1-5-16(6-2)11(12)13-7-9-14-15-10(17-9)8(3)4/h8H,5-7H2,1-4H3,(H2,12,13). The largest absolute Gasteiger partial charge is 0.370 e. The van der Waals surface area contributed by atoms with Gasteiger partial charge in [0, 0.05) is 19.0 Å². The van der Waals surface area contributed by atoms with Crippen LogP contribution >= 0.6 is 11.3 Å². The molecule has 0 saturated heterocycles. The van der Waals surface area contributed by atoms with E-state index in [0.29, 0.717) is 18.4 Å². The fourth-order valence-corrected chi connectivity index (χ4v) is 2.13. The normalized spacial score (nSPS) is 12.2. The molecule has 0 saturated carbocycles. The van der Waals surface area contributed by atoms with Crippen LogP contribution in [-0.2, 0) is 6.54 Å². The Morgan fingerprint density at radius 1 is 1.35 bits per heavy atom. The van der Waals surface area contributed by atoms with Gasteiger partial charge in [0.15, 0.2) is 5.96 Å². The zero-order valence-corrected chi connectivity index (χ0v) is 11.8. The molecule has 0 bridgehead atoms. The van der Waals surface area contributed by atoms with Gasteiger partial charge in [0.25, 0.3) is 0 Å². The number of hydrogen-bond donors (Lipinski definition) is 1. The zero-order chi connectivity index (χ0) is 12.8. The van der Waals surface area contributed by atoms with Gasteiger partial charge in [0.1, 0.15) is 10.0 Å². The second-order valence-corrected chi connectivity index (χ2v) is 5.13. The van der Waals surface area contributed by atoms with Crippen LogP contribution in [0.2, 0.25) is 0 Å². The van der Waals surface area contributed by atoms with Crippen molar-refractivity contribution in [1.29, 1.82) is 0 Å². The monoisotopic (exact) mass is 255 g/mol. The highest BCUT2D eigenvalue weighted by atomic mass is 32.1. The van der Waals surface area contributed by atoms with Crippen LogP contribution in [0.5, 0.6) is 0 Å². The first-order valence-corrected chi connectivity index (χ1v) is 6.77. The summed E-state index contributed by atoms with van der Waals surface area (Å²) in [5.41, 5.74) is 5.89. The predicted molar refractivity (Wildman–Crippen MR) is 72.2 cm³/mol. The van der Waals surface area contributed by atoms with E-state index in [-0.39, 0.29) is 0 Å². The summed E-state index contributed by atoms with van der Waals surface area (Å²) in [4.78, 5) is 6.36. The second kappa shape index (κ2) is 6.54. The van der Waals surface area contributed by atoms with E-state index >= 15 is 0 Å². The van der Waals surface area contributed by atoms with E-state index in [2.05, 4.69) is 42.9 Å². The summed E-state index contributed by atoms with van der Waals surface area (Å²) in [6.45, 7) is 10.6. The molecule has 6 heteroatoms. The first-order valence-electron chi connectivity index (χ1n) is 5.95. The zero-order valence-electron chi connectivity index (χ0n) is 11.0. The van der Waals surface area contributed by atoms with Crippen LogP contribution in [0, 0.1) is 0 Å². The van der Waals surface area contributed by atoms with Gasteiger partial charge in [-0.25, -0.2) is 4.99 Å². The van der Waals surface area contributed by atoms with E-state index in [1.165, 1.54) is 0 Å². The third kappa shape index (κ3) is 3.96. The highest BCUT2D eigenvalue weighted by Crippen LogP contribution is 2.19. The van der Waals surface area contributed by atoms with Crippen molar-refractivity contribution in [2.45, 2.75) is 40.2 Å². The average Bonchev–Trinajstić information content (AvgIpc) is 2.76. The molecule has 0 aliphatic heterocycles. The molecule has 1 heterocycles. The molecule has 0 radical (unpaired) electrons. The molecule has 0 unspecified atom stereocenters. The van der Waals surface area contributed by atoms with Crippen LogP contribution in [0.1, 0.15) is 43.6 Å². The summed E-state index contributed by atoms with van der Waals surface area (Å²) in [6.07, 6.45) is 0. The summed E-state index contributed by atoms with van der Waals surface area (Å²) in [6, 6.07) is 0. The van der Waals surface area contributed by atoms with Crippen LogP contribution in [0.25, 0.3) is 0 Å². The molecule has 0 spiro atoms. The molecule has 2 N–H and O–H groups in total. The minimum Gasteiger partial charge on any atom is -0.370 e. The number of nitrogens with two attached hydrogens (primary N) is 1. The first kappa shape index (κ1) is 13.9. The van der Waals surface area contributed by atoms with E-state index in [4.69, 9.17) is 5.73 Å². The van der Waals surface area contributed by atoms with Crippen molar-refractivity contribution in [3.8, 4) is 0 Å². The van der Waals surface area contributed by atoms with E-state index in [0.717, 1.165) is 23.1 Å². The Balaban J connectivity index is 2.62.